The zero-order valence-electron chi connectivity index (χ0n) is 15.5. The van der Waals surface area contributed by atoms with Crippen LogP contribution in [0.5, 0.6) is 0 Å². The molecule has 2 aromatic rings. The lowest BCUT2D eigenvalue weighted by molar-refractivity contribution is -0.120. The Bertz CT molecular complexity index is 894. The summed E-state index contributed by atoms with van der Waals surface area (Å²) in [6, 6.07) is 14.5. The summed E-state index contributed by atoms with van der Waals surface area (Å²) in [6.45, 7) is 2.58. The van der Waals surface area contributed by atoms with Gasteiger partial charge >= 0.3 is 0 Å². The average Bonchev–Trinajstić information content (AvgIpc) is 2.69. The molecule has 0 bridgehead atoms. The number of thioether (sulfide) groups is 1. The Labute approximate surface area is 165 Å². The van der Waals surface area contributed by atoms with Crippen molar-refractivity contribution in [3.63, 3.8) is 0 Å². The molecule has 144 valence electrons. The number of benzene rings is 2. The lowest BCUT2D eigenvalue weighted by Crippen LogP contribution is -2.43. The number of piperidine rings is 1. The Balaban J connectivity index is 1.69. The number of carbonyl (C=O) groups is 1. The number of nitrogens with one attached hydrogen (secondary N) is 1. The standard InChI is InChI=1S/C20H24N2O3S2/c1-15-5-11-19(12-6-15)27(24,25)22-13-3-4-16(14-22)20(23)21-17-7-9-18(26-2)10-8-17/h5-12,16H,3-4,13-14H2,1-2H3,(H,21,23). The first-order valence-corrected chi connectivity index (χ1v) is 11.6. The minimum absolute atomic E-state index is 0.129. The zero-order valence-corrected chi connectivity index (χ0v) is 17.1. The molecule has 0 aliphatic carbocycles. The van der Waals surface area contributed by atoms with Gasteiger partial charge in [-0.25, -0.2) is 8.42 Å². The smallest absolute Gasteiger partial charge is 0.243 e. The van der Waals surface area contributed by atoms with Crippen molar-refractivity contribution in [3.8, 4) is 0 Å². The maximum atomic E-state index is 12.9. The van der Waals surface area contributed by atoms with Crippen molar-refractivity contribution in [1.29, 1.82) is 0 Å². The molecule has 0 radical (unpaired) electrons. The molecule has 2 aromatic carbocycles. The average molecular weight is 405 g/mol. The molecule has 1 amide bonds. The zero-order chi connectivity index (χ0) is 19.4. The molecule has 1 unspecified atom stereocenters. The molecular formula is C20H24N2O3S2. The molecule has 1 fully saturated rings. The van der Waals surface area contributed by atoms with E-state index in [1.165, 1.54) is 4.31 Å². The number of sulfonamides is 1. The molecule has 5 nitrogen and oxygen atoms in total. The van der Waals surface area contributed by atoms with Gasteiger partial charge in [0.15, 0.2) is 0 Å². The third-order valence-corrected chi connectivity index (χ3v) is 7.39. The number of nitrogens with zero attached hydrogens (tertiary/aromatic N) is 1. The van der Waals surface area contributed by atoms with E-state index < -0.39 is 10.0 Å². The Morgan fingerprint density at radius 1 is 1.11 bits per heavy atom. The summed E-state index contributed by atoms with van der Waals surface area (Å²) in [7, 11) is -3.58. The van der Waals surface area contributed by atoms with E-state index in [4.69, 9.17) is 0 Å². The van der Waals surface area contributed by atoms with E-state index in [1.54, 1.807) is 36.0 Å². The first-order valence-electron chi connectivity index (χ1n) is 8.92. The summed E-state index contributed by atoms with van der Waals surface area (Å²) in [6.07, 6.45) is 3.36. The summed E-state index contributed by atoms with van der Waals surface area (Å²) < 4.78 is 27.2. The summed E-state index contributed by atoms with van der Waals surface area (Å²) in [5, 5.41) is 2.91. The minimum atomic E-state index is -3.58. The number of aryl methyl sites for hydroxylation is 1. The van der Waals surface area contributed by atoms with E-state index in [2.05, 4.69) is 5.32 Å². The van der Waals surface area contributed by atoms with Crippen molar-refractivity contribution in [3.05, 3.63) is 54.1 Å². The van der Waals surface area contributed by atoms with Crippen molar-refractivity contribution in [2.24, 2.45) is 5.92 Å². The molecule has 27 heavy (non-hydrogen) atoms. The van der Waals surface area contributed by atoms with Gasteiger partial charge in [-0.15, -0.1) is 11.8 Å². The Hall–Kier alpha value is -1.83. The Morgan fingerprint density at radius 2 is 1.78 bits per heavy atom. The maximum absolute atomic E-state index is 12.9. The molecule has 0 saturated carbocycles. The van der Waals surface area contributed by atoms with Crippen LogP contribution >= 0.6 is 11.8 Å². The molecule has 1 aliphatic rings. The highest BCUT2D eigenvalue weighted by atomic mass is 32.2. The Morgan fingerprint density at radius 3 is 2.41 bits per heavy atom. The molecule has 7 heteroatoms. The van der Waals surface area contributed by atoms with Crippen molar-refractivity contribution in [2.45, 2.75) is 29.6 Å². The fourth-order valence-corrected chi connectivity index (χ4v) is 5.08. The van der Waals surface area contributed by atoms with Gasteiger partial charge in [0.05, 0.1) is 10.8 Å². The summed E-state index contributed by atoms with van der Waals surface area (Å²) in [4.78, 5) is 14.0. The Kier molecular flexibility index (Phi) is 6.24. The second-order valence-corrected chi connectivity index (χ2v) is 9.55. The molecule has 3 rings (SSSR count). The van der Waals surface area contributed by atoms with Crippen LogP contribution < -0.4 is 5.32 Å². The second kappa shape index (κ2) is 8.46. The summed E-state index contributed by atoms with van der Waals surface area (Å²) in [5.41, 5.74) is 1.74. The fourth-order valence-electron chi connectivity index (χ4n) is 3.15. The van der Waals surface area contributed by atoms with Crippen LogP contribution in [0.25, 0.3) is 0 Å². The van der Waals surface area contributed by atoms with E-state index in [-0.39, 0.29) is 23.3 Å². The predicted molar refractivity (Wildman–Crippen MR) is 110 cm³/mol. The monoisotopic (exact) mass is 404 g/mol. The third kappa shape index (κ3) is 4.72. The van der Waals surface area contributed by atoms with Gasteiger partial charge in [0, 0.05) is 23.7 Å². The van der Waals surface area contributed by atoms with E-state index in [1.807, 2.05) is 37.4 Å². The lowest BCUT2D eigenvalue weighted by atomic mass is 9.99. The van der Waals surface area contributed by atoms with Crippen LogP contribution in [0.3, 0.4) is 0 Å². The number of carbonyl (C=O) groups excluding carboxylic acids is 1. The number of amides is 1. The molecule has 1 N–H and O–H groups in total. The highest BCUT2D eigenvalue weighted by molar-refractivity contribution is 7.98. The maximum Gasteiger partial charge on any atom is 0.243 e. The quantitative estimate of drug-likeness (QED) is 0.771. The molecule has 0 spiro atoms. The second-order valence-electron chi connectivity index (χ2n) is 6.73. The minimum Gasteiger partial charge on any atom is -0.326 e. The number of anilines is 1. The van der Waals surface area contributed by atoms with Crippen molar-refractivity contribution in [2.75, 3.05) is 24.7 Å². The van der Waals surface area contributed by atoms with Crippen LogP contribution in [0, 0.1) is 12.8 Å². The highest BCUT2D eigenvalue weighted by Crippen LogP contribution is 2.25. The number of rotatable bonds is 5. The molecule has 1 heterocycles. The van der Waals surface area contributed by atoms with Crippen molar-refractivity contribution < 1.29 is 13.2 Å². The third-order valence-electron chi connectivity index (χ3n) is 4.77. The van der Waals surface area contributed by atoms with Gasteiger partial charge in [0.25, 0.3) is 0 Å². The molecule has 1 saturated heterocycles. The van der Waals surface area contributed by atoms with Crippen molar-refractivity contribution in [1.82, 2.24) is 4.31 Å². The van der Waals surface area contributed by atoms with Gasteiger partial charge < -0.3 is 5.32 Å². The van der Waals surface area contributed by atoms with Gasteiger partial charge in [-0.3, -0.25) is 4.79 Å². The SMILES string of the molecule is CSc1ccc(NC(=O)C2CCCN(S(=O)(=O)c3ccc(C)cc3)C2)cc1. The van der Waals surface area contributed by atoms with E-state index in [0.717, 1.165) is 16.1 Å². The summed E-state index contributed by atoms with van der Waals surface area (Å²) in [5.74, 6) is -0.477. The number of hydrogen-bond acceptors (Lipinski definition) is 4. The van der Waals surface area contributed by atoms with Crippen LogP contribution in [0.2, 0.25) is 0 Å². The number of hydrogen-bond donors (Lipinski definition) is 1. The van der Waals surface area contributed by atoms with Gasteiger partial charge in [0.1, 0.15) is 0 Å². The normalized spacial score (nSPS) is 18.2. The topological polar surface area (TPSA) is 66.5 Å². The van der Waals surface area contributed by atoms with E-state index >= 15 is 0 Å². The summed E-state index contributed by atoms with van der Waals surface area (Å²) >= 11 is 1.64. The van der Waals surface area contributed by atoms with Crippen LogP contribution in [0.15, 0.2) is 58.3 Å². The van der Waals surface area contributed by atoms with E-state index in [9.17, 15) is 13.2 Å². The van der Waals surface area contributed by atoms with Crippen LogP contribution in [0.1, 0.15) is 18.4 Å². The van der Waals surface area contributed by atoms with Crippen LogP contribution in [-0.2, 0) is 14.8 Å². The van der Waals surface area contributed by atoms with Crippen LogP contribution in [0.4, 0.5) is 5.69 Å². The van der Waals surface area contributed by atoms with Crippen LogP contribution in [-0.4, -0.2) is 38.0 Å². The molecular weight excluding hydrogens is 380 g/mol. The largest absolute Gasteiger partial charge is 0.326 e. The highest BCUT2D eigenvalue weighted by Gasteiger charge is 2.33. The first kappa shape index (κ1) is 19.9. The molecule has 1 aliphatic heterocycles. The van der Waals surface area contributed by atoms with Gasteiger partial charge in [-0.05, 0) is 62.4 Å². The fraction of sp³-hybridized carbons (Fsp3) is 0.350. The lowest BCUT2D eigenvalue weighted by Gasteiger charge is -2.31. The van der Waals surface area contributed by atoms with Gasteiger partial charge in [0.2, 0.25) is 15.9 Å². The predicted octanol–water partition coefficient (Wildman–Crippen LogP) is 3.76. The van der Waals surface area contributed by atoms with E-state index in [0.29, 0.717) is 19.4 Å². The molecule has 0 aromatic heterocycles. The van der Waals surface area contributed by atoms with Crippen molar-refractivity contribution >= 4 is 33.4 Å². The molecule has 1 atom stereocenters. The van der Waals surface area contributed by atoms with Gasteiger partial charge in [-0.2, -0.15) is 4.31 Å². The van der Waals surface area contributed by atoms with Gasteiger partial charge in [-0.1, -0.05) is 17.7 Å². The first-order chi connectivity index (χ1) is 12.9.